The van der Waals surface area contributed by atoms with Gasteiger partial charge in [-0.05, 0) is 59.7 Å². The Balaban J connectivity index is 1.79. The predicted molar refractivity (Wildman–Crippen MR) is 125 cm³/mol. The number of ketones is 1. The number of hydrogen-bond acceptors (Lipinski definition) is 6. The van der Waals surface area contributed by atoms with E-state index in [-0.39, 0.29) is 11.1 Å². The van der Waals surface area contributed by atoms with Crippen LogP contribution in [-0.2, 0) is 9.63 Å². The van der Waals surface area contributed by atoms with Crippen molar-refractivity contribution in [2.45, 2.75) is 6.04 Å². The Bertz CT molecular complexity index is 1270. The summed E-state index contributed by atoms with van der Waals surface area (Å²) in [4.78, 5) is 32.6. The van der Waals surface area contributed by atoms with Gasteiger partial charge in [-0.3, -0.25) is 14.5 Å². The van der Waals surface area contributed by atoms with Crippen LogP contribution in [0.1, 0.15) is 27.5 Å². The Labute approximate surface area is 195 Å². The van der Waals surface area contributed by atoms with Crippen LogP contribution in [0.15, 0.2) is 89.3 Å². The highest BCUT2D eigenvalue weighted by atomic mass is 19.1. The molecule has 0 aliphatic carbocycles. The van der Waals surface area contributed by atoms with Gasteiger partial charge < -0.3 is 14.7 Å². The van der Waals surface area contributed by atoms with Crippen molar-refractivity contribution in [1.82, 2.24) is 0 Å². The quantitative estimate of drug-likeness (QED) is 0.316. The molecule has 8 heteroatoms. The lowest BCUT2D eigenvalue weighted by Gasteiger charge is -2.27. The van der Waals surface area contributed by atoms with E-state index in [1.807, 2.05) is 0 Å². The SMILES string of the molecule is CO/N=C/c1ccc(N2C(=O)C(O)=C(C(=O)c3ccc(OC)cc3)C2c2ccc(F)cc2)cc1. The molecule has 0 radical (unpaired) electrons. The van der Waals surface area contributed by atoms with E-state index in [0.717, 1.165) is 5.56 Å². The Morgan fingerprint density at radius 2 is 1.65 bits per heavy atom. The third-order valence-electron chi connectivity index (χ3n) is 5.47. The Kier molecular flexibility index (Phi) is 6.40. The molecule has 3 aromatic carbocycles. The van der Waals surface area contributed by atoms with Gasteiger partial charge in [-0.2, -0.15) is 0 Å². The van der Waals surface area contributed by atoms with Crippen LogP contribution in [0, 0.1) is 5.82 Å². The summed E-state index contributed by atoms with van der Waals surface area (Å²) in [6, 6.07) is 17.6. The van der Waals surface area contributed by atoms with Crippen LogP contribution >= 0.6 is 0 Å². The van der Waals surface area contributed by atoms with Crippen molar-refractivity contribution in [3.05, 3.63) is 107 Å². The second-order valence-electron chi connectivity index (χ2n) is 7.46. The van der Waals surface area contributed by atoms with E-state index in [4.69, 9.17) is 4.74 Å². The fourth-order valence-electron chi connectivity index (χ4n) is 3.80. The molecule has 172 valence electrons. The zero-order valence-electron chi connectivity index (χ0n) is 18.4. The molecule has 0 spiro atoms. The van der Waals surface area contributed by atoms with Crippen LogP contribution in [0.5, 0.6) is 5.75 Å². The van der Waals surface area contributed by atoms with Crippen molar-refractivity contribution >= 4 is 23.6 Å². The number of halogens is 1. The molecule has 1 amide bonds. The molecule has 7 nitrogen and oxygen atoms in total. The molecule has 3 aromatic rings. The van der Waals surface area contributed by atoms with Crippen molar-refractivity contribution < 1.29 is 28.7 Å². The molecule has 1 aliphatic heterocycles. The molecule has 0 saturated heterocycles. The highest BCUT2D eigenvalue weighted by Gasteiger charge is 2.44. The smallest absolute Gasteiger partial charge is 0.294 e. The highest BCUT2D eigenvalue weighted by molar-refractivity contribution is 6.21. The average molecular weight is 460 g/mol. The molecule has 0 fully saturated rings. The van der Waals surface area contributed by atoms with Crippen LogP contribution in [0.25, 0.3) is 0 Å². The van der Waals surface area contributed by atoms with Crippen LogP contribution in [0.3, 0.4) is 0 Å². The van der Waals surface area contributed by atoms with Gasteiger partial charge in [0.15, 0.2) is 11.5 Å². The molecular weight excluding hydrogens is 439 g/mol. The highest BCUT2D eigenvalue weighted by Crippen LogP contribution is 2.42. The summed E-state index contributed by atoms with van der Waals surface area (Å²) >= 11 is 0. The van der Waals surface area contributed by atoms with Gasteiger partial charge in [0.05, 0.1) is 24.9 Å². The van der Waals surface area contributed by atoms with Crippen molar-refractivity contribution in [3.63, 3.8) is 0 Å². The minimum atomic E-state index is -0.957. The number of aliphatic hydroxyl groups excluding tert-OH is 1. The van der Waals surface area contributed by atoms with Gasteiger partial charge >= 0.3 is 0 Å². The minimum Gasteiger partial charge on any atom is -0.503 e. The van der Waals surface area contributed by atoms with Crippen LogP contribution < -0.4 is 9.64 Å². The summed E-state index contributed by atoms with van der Waals surface area (Å²) < 4.78 is 18.8. The molecule has 0 aromatic heterocycles. The standard InChI is InChI=1S/C26H21FN2O5/c1-33-21-13-7-18(8-14-21)24(30)22-23(17-5-9-19(27)10-6-17)29(26(32)25(22)31)20-11-3-16(4-12-20)15-28-34-2/h3-15,23,31H,1-2H3/b28-15+. The maximum absolute atomic E-state index is 13.6. The van der Waals surface area contributed by atoms with E-state index >= 15 is 0 Å². The van der Waals surface area contributed by atoms with Crippen LogP contribution in [0.4, 0.5) is 10.1 Å². The molecule has 0 bridgehead atoms. The molecule has 1 atom stereocenters. The number of nitrogens with zero attached hydrogens (tertiary/aromatic N) is 2. The Morgan fingerprint density at radius 1 is 1.00 bits per heavy atom. The maximum Gasteiger partial charge on any atom is 0.294 e. The summed E-state index contributed by atoms with van der Waals surface area (Å²) in [5.74, 6) is -1.80. The van der Waals surface area contributed by atoms with Crippen LogP contribution in [0.2, 0.25) is 0 Å². The molecule has 0 saturated carbocycles. The second kappa shape index (κ2) is 9.58. The lowest BCUT2D eigenvalue weighted by Crippen LogP contribution is -2.31. The number of Topliss-reactive ketones (excluding diaryl/α,β-unsaturated/α-hetero) is 1. The first-order valence-electron chi connectivity index (χ1n) is 10.3. The van der Waals surface area contributed by atoms with Gasteiger partial charge in [-0.15, -0.1) is 0 Å². The first-order valence-corrected chi connectivity index (χ1v) is 10.3. The Hall–Kier alpha value is -4.46. The fourth-order valence-corrected chi connectivity index (χ4v) is 3.80. The second-order valence-corrected chi connectivity index (χ2v) is 7.46. The summed E-state index contributed by atoms with van der Waals surface area (Å²) in [5, 5.41) is 14.5. The molecule has 1 N–H and O–H groups in total. The molecule has 34 heavy (non-hydrogen) atoms. The number of anilines is 1. The van der Waals surface area contributed by atoms with Gasteiger partial charge in [0.1, 0.15) is 18.7 Å². The summed E-state index contributed by atoms with van der Waals surface area (Å²) in [5.41, 5.74) is 1.82. The lowest BCUT2D eigenvalue weighted by molar-refractivity contribution is -0.117. The fraction of sp³-hybridized carbons (Fsp3) is 0.115. The van der Waals surface area contributed by atoms with E-state index in [0.29, 0.717) is 17.0 Å². The third-order valence-corrected chi connectivity index (χ3v) is 5.47. The topological polar surface area (TPSA) is 88.4 Å². The molecular formula is C26H21FN2O5. The van der Waals surface area contributed by atoms with E-state index in [1.165, 1.54) is 49.6 Å². The van der Waals surface area contributed by atoms with Gasteiger partial charge in [0.25, 0.3) is 5.91 Å². The number of oxime groups is 1. The third kappa shape index (κ3) is 4.25. The summed E-state index contributed by atoms with van der Waals surface area (Å²) in [6.45, 7) is 0. The van der Waals surface area contributed by atoms with Gasteiger partial charge in [-0.1, -0.05) is 29.4 Å². The number of aliphatic hydroxyl groups is 1. The van der Waals surface area contributed by atoms with Gasteiger partial charge in [0.2, 0.25) is 0 Å². The van der Waals surface area contributed by atoms with E-state index in [1.54, 1.807) is 48.5 Å². The van der Waals surface area contributed by atoms with Crippen molar-refractivity contribution in [2.24, 2.45) is 5.16 Å². The number of hydrogen-bond donors (Lipinski definition) is 1. The average Bonchev–Trinajstić information content (AvgIpc) is 3.13. The van der Waals surface area contributed by atoms with E-state index in [9.17, 15) is 19.1 Å². The first kappa shape index (κ1) is 22.7. The number of carbonyl (C=O) groups excluding carboxylic acids is 2. The van der Waals surface area contributed by atoms with Crippen LogP contribution in [-0.4, -0.2) is 37.2 Å². The van der Waals surface area contributed by atoms with Crippen molar-refractivity contribution in [3.8, 4) is 5.75 Å². The Morgan fingerprint density at radius 3 is 2.24 bits per heavy atom. The summed E-state index contributed by atoms with van der Waals surface area (Å²) in [6.07, 6.45) is 1.50. The molecule has 4 rings (SSSR count). The van der Waals surface area contributed by atoms with Gasteiger partial charge in [0, 0.05) is 11.3 Å². The zero-order valence-corrected chi connectivity index (χ0v) is 18.4. The van der Waals surface area contributed by atoms with Crippen molar-refractivity contribution in [2.75, 3.05) is 19.1 Å². The van der Waals surface area contributed by atoms with Gasteiger partial charge in [-0.25, -0.2) is 4.39 Å². The number of methoxy groups -OCH3 is 1. The lowest BCUT2D eigenvalue weighted by atomic mass is 9.92. The maximum atomic E-state index is 13.6. The number of rotatable bonds is 7. The minimum absolute atomic E-state index is 0.0909. The number of benzene rings is 3. The number of amides is 1. The number of carbonyl (C=O) groups is 2. The van der Waals surface area contributed by atoms with E-state index < -0.39 is 29.3 Å². The first-order chi connectivity index (χ1) is 16.4. The predicted octanol–water partition coefficient (Wildman–Crippen LogP) is 4.60. The monoisotopic (exact) mass is 460 g/mol. The normalized spacial score (nSPS) is 15.8. The van der Waals surface area contributed by atoms with Crippen molar-refractivity contribution in [1.29, 1.82) is 0 Å². The molecule has 1 aliphatic rings. The number of ether oxygens (including phenoxy) is 1. The zero-order chi connectivity index (χ0) is 24.2. The largest absolute Gasteiger partial charge is 0.503 e. The van der Waals surface area contributed by atoms with E-state index in [2.05, 4.69) is 9.99 Å². The molecule has 1 unspecified atom stereocenters. The summed E-state index contributed by atoms with van der Waals surface area (Å²) in [7, 11) is 2.94. The molecule has 1 heterocycles.